The van der Waals surface area contributed by atoms with Crippen molar-refractivity contribution in [2.75, 3.05) is 13.2 Å². The molecule has 288 valence electrons. The Hall–Kier alpha value is -1.29. The molecule has 0 aromatic heterocycles. The van der Waals surface area contributed by atoms with E-state index in [4.69, 9.17) is 9.47 Å². The number of allylic oxidation sites excluding steroid dienone is 3. The number of carbonyl (C=O) groups is 1. The lowest BCUT2D eigenvalue weighted by molar-refractivity contribution is -0.271. The van der Waals surface area contributed by atoms with E-state index in [2.05, 4.69) is 31.3 Å². The molecule has 1 amide bonds. The van der Waals surface area contributed by atoms with Crippen LogP contribution in [0.25, 0.3) is 0 Å². The highest BCUT2D eigenvalue weighted by Gasteiger charge is 2.38. The van der Waals surface area contributed by atoms with Crippen LogP contribution in [-0.4, -0.2) is 76.3 Å². The SMILES string of the molecule is CCCCCCCC/C=C\CCCCCCCC(=O)N[C@@H](CO[C@@H]1OC[C@@H](O)[C@H](O)[C@H]1O)[C@H](O)/C=C/CCCCCCCCCCCCC. The van der Waals surface area contributed by atoms with E-state index in [1.807, 2.05) is 6.08 Å². The Bertz CT molecular complexity index is 807. The van der Waals surface area contributed by atoms with Crippen LogP contribution in [0.1, 0.15) is 181 Å². The van der Waals surface area contributed by atoms with E-state index in [1.165, 1.54) is 116 Å². The number of ether oxygens (including phenoxy) is 2. The van der Waals surface area contributed by atoms with Crippen molar-refractivity contribution in [1.29, 1.82) is 0 Å². The molecule has 0 aliphatic carbocycles. The predicted octanol–water partition coefficient (Wildman–Crippen LogP) is 8.58. The fourth-order valence-electron chi connectivity index (χ4n) is 6.28. The van der Waals surface area contributed by atoms with Gasteiger partial charge in [-0.1, -0.05) is 154 Å². The Kier molecular flexibility index (Phi) is 30.4. The Morgan fingerprint density at radius 2 is 1.12 bits per heavy atom. The highest BCUT2D eigenvalue weighted by Crippen LogP contribution is 2.18. The minimum Gasteiger partial charge on any atom is -0.388 e. The van der Waals surface area contributed by atoms with E-state index < -0.39 is 36.7 Å². The zero-order valence-electron chi connectivity index (χ0n) is 31.6. The molecule has 0 saturated carbocycles. The maximum atomic E-state index is 12.8. The van der Waals surface area contributed by atoms with Gasteiger partial charge in [0.15, 0.2) is 6.29 Å². The average molecular weight is 696 g/mol. The third-order valence-electron chi connectivity index (χ3n) is 9.63. The fraction of sp³-hybridized carbons (Fsp3) is 0.878. The summed E-state index contributed by atoms with van der Waals surface area (Å²) >= 11 is 0. The molecule has 1 aliphatic rings. The van der Waals surface area contributed by atoms with Crippen molar-refractivity contribution in [1.82, 2.24) is 5.32 Å². The van der Waals surface area contributed by atoms with Gasteiger partial charge in [0.05, 0.1) is 25.4 Å². The molecule has 0 bridgehead atoms. The zero-order chi connectivity index (χ0) is 35.8. The third kappa shape index (κ3) is 25.3. The lowest BCUT2D eigenvalue weighted by Gasteiger charge is -2.35. The van der Waals surface area contributed by atoms with Gasteiger partial charge in [-0.25, -0.2) is 0 Å². The van der Waals surface area contributed by atoms with Crippen LogP contribution in [0.5, 0.6) is 0 Å². The quantitative estimate of drug-likeness (QED) is 0.0344. The van der Waals surface area contributed by atoms with Crippen LogP contribution in [0.2, 0.25) is 0 Å². The van der Waals surface area contributed by atoms with Gasteiger partial charge >= 0.3 is 0 Å². The van der Waals surface area contributed by atoms with Crippen LogP contribution in [0, 0.1) is 0 Å². The standard InChI is InChI=1S/C41H77NO7/c1-3-5-7-9-11-13-15-17-18-20-22-24-26-28-30-32-38(45)42-35(33-48-41-40(47)39(46)37(44)34-49-41)36(43)31-29-27-25-23-21-19-16-14-12-10-8-6-4-2/h17-18,29,31,35-37,39-41,43-44,46-47H,3-16,19-28,30,32-34H2,1-2H3,(H,42,45)/b18-17-,31-29+/t35-,36+,37+,39-,40+,41+/m0/s1. The molecular weight excluding hydrogens is 618 g/mol. The van der Waals surface area contributed by atoms with E-state index in [0.29, 0.717) is 6.42 Å². The summed E-state index contributed by atoms with van der Waals surface area (Å²) in [7, 11) is 0. The second-order valence-corrected chi connectivity index (χ2v) is 14.3. The molecule has 0 spiro atoms. The van der Waals surface area contributed by atoms with Crippen molar-refractivity contribution in [2.45, 2.75) is 218 Å². The lowest BCUT2D eigenvalue weighted by Crippen LogP contribution is -2.55. The normalized spacial score (nSPS) is 21.1. The van der Waals surface area contributed by atoms with Gasteiger partial charge in [0.25, 0.3) is 0 Å². The predicted molar refractivity (Wildman–Crippen MR) is 201 cm³/mol. The van der Waals surface area contributed by atoms with Crippen molar-refractivity contribution < 1.29 is 34.7 Å². The van der Waals surface area contributed by atoms with E-state index in [9.17, 15) is 25.2 Å². The van der Waals surface area contributed by atoms with Gasteiger partial charge in [-0.3, -0.25) is 4.79 Å². The minimum atomic E-state index is -1.43. The molecule has 0 unspecified atom stereocenters. The monoisotopic (exact) mass is 696 g/mol. The van der Waals surface area contributed by atoms with Crippen LogP contribution in [-0.2, 0) is 14.3 Å². The number of nitrogens with one attached hydrogen (secondary N) is 1. The fourth-order valence-corrected chi connectivity index (χ4v) is 6.28. The lowest BCUT2D eigenvalue weighted by atomic mass is 10.0. The van der Waals surface area contributed by atoms with E-state index in [1.54, 1.807) is 6.08 Å². The zero-order valence-corrected chi connectivity index (χ0v) is 31.6. The van der Waals surface area contributed by atoms with Crippen LogP contribution in [0.15, 0.2) is 24.3 Å². The molecule has 1 heterocycles. The van der Waals surface area contributed by atoms with E-state index >= 15 is 0 Å². The molecule has 0 aromatic carbocycles. The molecule has 1 saturated heterocycles. The third-order valence-corrected chi connectivity index (χ3v) is 9.63. The van der Waals surface area contributed by atoms with Crippen LogP contribution in [0.4, 0.5) is 0 Å². The van der Waals surface area contributed by atoms with Crippen molar-refractivity contribution >= 4 is 5.91 Å². The van der Waals surface area contributed by atoms with Crippen molar-refractivity contribution in [2.24, 2.45) is 0 Å². The Labute approximate surface area is 300 Å². The molecule has 0 radical (unpaired) electrons. The highest BCUT2D eigenvalue weighted by molar-refractivity contribution is 5.76. The van der Waals surface area contributed by atoms with E-state index in [0.717, 1.165) is 44.9 Å². The number of aliphatic hydroxyl groups is 4. The highest BCUT2D eigenvalue weighted by atomic mass is 16.7. The first-order valence-corrected chi connectivity index (χ1v) is 20.5. The summed E-state index contributed by atoms with van der Waals surface area (Å²) in [6, 6.07) is -0.732. The molecule has 8 heteroatoms. The van der Waals surface area contributed by atoms with Gasteiger partial charge < -0.3 is 35.2 Å². The first-order valence-electron chi connectivity index (χ1n) is 20.5. The Balaban J connectivity index is 2.33. The molecule has 6 atom stereocenters. The minimum absolute atomic E-state index is 0.105. The van der Waals surface area contributed by atoms with Gasteiger partial charge in [-0.2, -0.15) is 0 Å². The van der Waals surface area contributed by atoms with Crippen LogP contribution >= 0.6 is 0 Å². The molecule has 8 nitrogen and oxygen atoms in total. The summed E-state index contributed by atoms with van der Waals surface area (Å²) in [6.45, 7) is 4.23. The average Bonchev–Trinajstić information content (AvgIpc) is 3.09. The Morgan fingerprint density at radius 3 is 1.63 bits per heavy atom. The molecule has 5 N–H and O–H groups in total. The number of hydrogen-bond donors (Lipinski definition) is 5. The van der Waals surface area contributed by atoms with Crippen molar-refractivity contribution in [3.8, 4) is 0 Å². The molecular formula is C41H77NO7. The van der Waals surface area contributed by atoms with Gasteiger partial charge in [0, 0.05) is 6.42 Å². The number of carbonyl (C=O) groups excluding carboxylic acids is 1. The molecule has 1 rings (SSSR count). The molecule has 0 aromatic rings. The number of hydrogen-bond acceptors (Lipinski definition) is 7. The smallest absolute Gasteiger partial charge is 0.220 e. The maximum absolute atomic E-state index is 12.8. The number of unbranched alkanes of at least 4 members (excludes halogenated alkanes) is 22. The largest absolute Gasteiger partial charge is 0.388 e. The van der Waals surface area contributed by atoms with Crippen molar-refractivity contribution in [3.05, 3.63) is 24.3 Å². The summed E-state index contributed by atoms with van der Waals surface area (Å²) in [6.07, 6.45) is 33.1. The van der Waals surface area contributed by atoms with Crippen LogP contribution in [0.3, 0.4) is 0 Å². The number of rotatable bonds is 33. The maximum Gasteiger partial charge on any atom is 0.220 e. The summed E-state index contributed by atoms with van der Waals surface area (Å²) in [5.74, 6) is -0.149. The summed E-state index contributed by atoms with van der Waals surface area (Å²) in [4.78, 5) is 12.8. The summed E-state index contributed by atoms with van der Waals surface area (Å²) in [5, 5.41) is 43.8. The van der Waals surface area contributed by atoms with Crippen LogP contribution < -0.4 is 5.32 Å². The Morgan fingerprint density at radius 1 is 0.673 bits per heavy atom. The first kappa shape index (κ1) is 45.7. The van der Waals surface area contributed by atoms with Gasteiger partial charge in [-0.05, 0) is 44.9 Å². The summed E-state index contributed by atoms with van der Waals surface area (Å²) in [5.41, 5.74) is 0. The van der Waals surface area contributed by atoms with Gasteiger partial charge in [0.1, 0.15) is 18.3 Å². The number of aliphatic hydroxyl groups excluding tert-OH is 4. The van der Waals surface area contributed by atoms with Crippen molar-refractivity contribution in [3.63, 3.8) is 0 Å². The molecule has 1 fully saturated rings. The second-order valence-electron chi connectivity index (χ2n) is 14.3. The number of amides is 1. The van der Waals surface area contributed by atoms with Gasteiger partial charge in [-0.15, -0.1) is 0 Å². The summed E-state index contributed by atoms with van der Waals surface area (Å²) < 4.78 is 11.0. The molecule has 1 aliphatic heterocycles. The topological polar surface area (TPSA) is 128 Å². The van der Waals surface area contributed by atoms with Gasteiger partial charge in [0.2, 0.25) is 5.91 Å². The first-order chi connectivity index (χ1) is 23.9. The van der Waals surface area contributed by atoms with E-state index in [-0.39, 0.29) is 19.1 Å². The second kappa shape index (κ2) is 32.6. The molecule has 49 heavy (non-hydrogen) atoms.